The lowest BCUT2D eigenvalue weighted by atomic mass is 10.1. The van der Waals surface area contributed by atoms with Crippen LogP contribution in [0.1, 0.15) is 34.1 Å². The Hall–Kier alpha value is -3.19. The van der Waals surface area contributed by atoms with Crippen LogP contribution in [0.2, 0.25) is 0 Å². The number of rotatable bonds is 6. The summed E-state index contributed by atoms with van der Waals surface area (Å²) in [5.74, 6) is -0.173. The zero-order valence-electron chi connectivity index (χ0n) is 16.8. The van der Waals surface area contributed by atoms with E-state index < -0.39 is 5.97 Å². The van der Waals surface area contributed by atoms with Gasteiger partial charge in [-0.1, -0.05) is 29.8 Å². The molecule has 0 bridgehead atoms. The molecule has 3 aromatic rings. The molecule has 7 heteroatoms. The summed E-state index contributed by atoms with van der Waals surface area (Å²) in [6.07, 6.45) is 0. The molecule has 0 spiro atoms. The van der Waals surface area contributed by atoms with Crippen molar-refractivity contribution in [2.75, 3.05) is 12.0 Å². The Balaban J connectivity index is 1.77. The summed E-state index contributed by atoms with van der Waals surface area (Å²) in [7, 11) is 1.50. The second-order valence-corrected chi connectivity index (χ2v) is 7.38. The monoisotopic (exact) mass is 410 g/mol. The molecular weight excluding hydrogens is 388 g/mol. The van der Waals surface area contributed by atoms with Gasteiger partial charge in [0.25, 0.3) is 0 Å². The van der Waals surface area contributed by atoms with Crippen LogP contribution in [0.3, 0.4) is 0 Å². The van der Waals surface area contributed by atoms with Crippen LogP contribution in [0.5, 0.6) is 5.75 Å². The Bertz CT molecular complexity index is 1040. The molecule has 0 radical (unpaired) electrons. The Morgan fingerprint density at radius 1 is 1.14 bits per heavy atom. The van der Waals surface area contributed by atoms with Gasteiger partial charge in [-0.3, -0.25) is 9.69 Å². The van der Waals surface area contributed by atoms with Crippen LogP contribution in [-0.2, 0) is 16.1 Å². The number of ether oxygens (including phenoxy) is 2. The minimum Gasteiger partial charge on any atom is -0.496 e. The summed E-state index contributed by atoms with van der Waals surface area (Å²) >= 11 is 1.33. The van der Waals surface area contributed by atoms with Crippen molar-refractivity contribution < 1.29 is 19.1 Å². The number of benzene rings is 2. The van der Waals surface area contributed by atoms with Gasteiger partial charge >= 0.3 is 5.97 Å². The van der Waals surface area contributed by atoms with Crippen LogP contribution in [0.25, 0.3) is 0 Å². The molecule has 0 atom stereocenters. The first kappa shape index (κ1) is 20.5. The molecule has 1 aromatic heterocycles. The number of methoxy groups -OCH3 is 1. The van der Waals surface area contributed by atoms with E-state index in [2.05, 4.69) is 4.98 Å². The van der Waals surface area contributed by atoms with Gasteiger partial charge in [0.2, 0.25) is 5.91 Å². The number of carbonyl (C=O) groups is 2. The lowest BCUT2D eigenvalue weighted by molar-refractivity contribution is -0.115. The number of esters is 1. The van der Waals surface area contributed by atoms with Crippen LogP contribution in [-0.4, -0.2) is 24.0 Å². The summed E-state index contributed by atoms with van der Waals surface area (Å²) in [5.41, 5.74) is 3.82. The molecule has 150 valence electrons. The van der Waals surface area contributed by atoms with E-state index in [1.807, 2.05) is 32.0 Å². The molecule has 0 aliphatic rings. The number of amides is 1. The number of thiazole rings is 1. The molecule has 1 amide bonds. The van der Waals surface area contributed by atoms with Crippen LogP contribution >= 0.6 is 11.3 Å². The highest BCUT2D eigenvalue weighted by Crippen LogP contribution is 2.32. The smallest absolute Gasteiger partial charge is 0.342 e. The van der Waals surface area contributed by atoms with Gasteiger partial charge in [0.15, 0.2) is 5.13 Å². The zero-order chi connectivity index (χ0) is 21.0. The number of anilines is 2. The Morgan fingerprint density at radius 2 is 1.90 bits per heavy atom. The maximum Gasteiger partial charge on any atom is 0.342 e. The lowest BCUT2D eigenvalue weighted by Gasteiger charge is -2.20. The van der Waals surface area contributed by atoms with E-state index in [4.69, 9.17) is 9.47 Å². The summed E-state index contributed by atoms with van der Waals surface area (Å²) < 4.78 is 10.6. The van der Waals surface area contributed by atoms with E-state index in [0.717, 1.165) is 16.8 Å². The maximum atomic E-state index is 12.4. The molecule has 1 heterocycles. The third kappa shape index (κ3) is 4.63. The summed E-state index contributed by atoms with van der Waals surface area (Å²) in [6, 6.07) is 12.8. The predicted octanol–water partition coefficient (Wildman–Crippen LogP) is 4.81. The molecule has 0 saturated carbocycles. The fourth-order valence-corrected chi connectivity index (χ4v) is 3.82. The number of aryl methyl sites for hydroxylation is 2. The van der Waals surface area contributed by atoms with E-state index in [1.54, 1.807) is 34.5 Å². The van der Waals surface area contributed by atoms with Crippen LogP contribution in [0, 0.1) is 13.8 Å². The molecular formula is C22H22N2O4S. The molecule has 3 rings (SSSR count). The minimum atomic E-state index is -0.491. The summed E-state index contributed by atoms with van der Waals surface area (Å²) in [6.45, 7) is 5.47. The van der Waals surface area contributed by atoms with E-state index in [9.17, 15) is 9.59 Å². The van der Waals surface area contributed by atoms with Crippen molar-refractivity contribution in [3.05, 3.63) is 70.2 Å². The molecule has 0 aliphatic heterocycles. The second kappa shape index (κ2) is 8.87. The zero-order valence-corrected chi connectivity index (χ0v) is 17.6. The van der Waals surface area contributed by atoms with Gasteiger partial charge in [-0.05, 0) is 37.6 Å². The number of para-hydroxylation sites is 1. The number of aromatic nitrogens is 1. The SMILES string of the molecule is COc1ccccc1C(=O)OCc1csc(N(C(C)=O)c2ccc(C)cc2C)n1. The van der Waals surface area contributed by atoms with E-state index in [1.165, 1.54) is 25.4 Å². The van der Waals surface area contributed by atoms with Crippen molar-refractivity contribution in [2.45, 2.75) is 27.4 Å². The summed E-state index contributed by atoms with van der Waals surface area (Å²) in [4.78, 5) is 30.7. The van der Waals surface area contributed by atoms with Crippen LogP contribution < -0.4 is 9.64 Å². The van der Waals surface area contributed by atoms with Gasteiger partial charge in [0.1, 0.15) is 17.9 Å². The van der Waals surface area contributed by atoms with E-state index >= 15 is 0 Å². The third-order valence-electron chi connectivity index (χ3n) is 4.32. The van der Waals surface area contributed by atoms with Gasteiger partial charge in [-0.15, -0.1) is 11.3 Å². The molecule has 0 unspecified atom stereocenters. The third-order valence-corrected chi connectivity index (χ3v) is 5.19. The van der Waals surface area contributed by atoms with Gasteiger partial charge < -0.3 is 9.47 Å². The Labute approximate surface area is 173 Å². The second-order valence-electron chi connectivity index (χ2n) is 6.54. The number of hydrogen-bond donors (Lipinski definition) is 0. The fraction of sp³-hybridized carbons (Fsp3) is 0.227. The molecule has 2 aromatic carbocycles. The highest BCUT2D eigenvalue weighted by molar-refractivity contribution is 7.14. The lowest BCUT2D eigenvalue weighted by Crippen LogP contribution is -2.23. The van der Waals surface area contributed by atoms with Gasteiger partial charge in [0.05, 0.1) is 18.5 Å². The first-order valence-electron chi connectivity index (χ1n) is 9.03. The molecule has 0 saturated heterocycles. The van der Waals surface area contributed by atoms with Crippen molar-refractivity contribution in [2.24, 2.45) is 0 Å². The van der Waals surface area contributed by atoms with Gasteiger partial charge in [0, 0.05) is 12.3 Å². The van der Waals surface area contributed by atoms with Crippen LogP contribution in [0.15, 0.2) is 47.8 Å². The standard InChI is InChI=1S/C22H22N2O4S/c1-14-9-10-19(15(2)11-14)24(16(3)25)22-23-17(13-29-22)12-28-21(26)18-7-5-6-8-20(18)27-4/h5-11,13H,12H2,1-4H3. The van der Waals surface area contributed by atoms with Crippen molar-refractivity contribution in [3.8, 4) is 5.75 Å². The van der Waals surface area contributed by atoms with Crippen molar-refractivity contribution >= 4 is 34.0 Å². The highest BCUT2D eigenvalue weighted by Gasteiger charge is 2.20. The number of carbonyl (C=O) groups excluding carboxylic acids is 2. The largest absolute Gasteiger partial charge is 0.496 e. The minimum absolute atomic E-state index is 0.00596. The van der Waals surface area contributed by atoms with Crippen molar-refractivity contribution in [1.29, 1.82) is 0 Å². The normalized spacial score (nSPS) is 10.5. The summed E-state index contributed by atoms with van der Waals surface area (Å²) in [5, 5.41) is 2.32. The van der Waals surface area contributed by atoms with Crippen LogP contribution in [0.4, 0.5) is 10.8 Å². The first-order valence-corrected chi connectivity index (χ1v) is 9.91. The average molecular weight is 410 g/mol. The fourth-order valence-electron chi connectivity index (χ4n) is 2.96. The first-order chi connectivity index (χ1) is 13.9. The quantitative estimate of drug-likeness (QED) is 0.546. The average Bonchev–Trinajstić information content (AvgIpc) is 3.16. The van der Waals surface area contributed by atoms with Gasteiger partial charge in [-0.25, -0.2) is 9.78 Å². The number of hydrogen-bond acceptors (Lipinski definition) is 6. The maximum absolute atomic E-state index is 12.4. The molecule has 6 nitrogen and oxygen atoms in total. The molecule has 0 N–H and O–H groups in total. The Morgan fingerprint density at radius 3 is 2.59 bits per heavy atom. The van der Waals surface area contributed by atoms with E-state index in [-0.39, 0.29) is 12.5 Å². The van der Waals surface area contributed by atoms with Crippen molar-refractivity contribution in [1.82, 2.24) is 4.98 Å². The highest BCUT2D eigenvalue weighted by atomic mass is 32.1. The molecule has 29 heavy (non-hydrogen) atoms. The molecule has 0 aliphatic carbocycles. The van der Waals surface area contributed by atoms with Gasteiger partial charge in [-0.2, -0.15) is 0 Å². The van der Waals surface area contributed by atoms with E-state index in [0.29, 0.717) is 22.1 Å². The number of nitrogens with zero attached hydrogens (tertiary/aromatic N) is 2. The predicted molar refractivity (Wildman–Crippen MR) is 113 cm³/mol. The Kier molecular flexibility index (Phi) is 6.29. The topological polar surface area (TPSA) is 68.7 Å². The van der Waals surface area contributed by atoms with Crippen molar-refractivity contribution in [3.63, 3.8) is 0 Å². The molecule has 0 fully saturated rings.